The van der Waals surface area contributed by atoms with Crippen molar-refractivity contribution in [2.45, 2.75) is 13.5 Å². The minimum atomic E-state index is -0.530. The van der Waals surface area contributed by atoms with Crippen LogP contribution in [0.5, 0.6) is 0 Å². The van der Waals surface area contributed by atoms with Gasteiger partial charge in [-0.3, -0.25) is 4.79 Å². The average molecular weight is 413 g/mol. The first-order chi connectivity index (χ1) is 12.5. The number of nitrogens with zero attached hydrogens (tertiary/aromatic N) is 2. The molecule has 4 nitrogen and oxygen atoms in total. The third-order valence-corrected chi connectivity index (χ3v) is 5.26. The van der Waals surface area contributed by atoms with Crippen LogP contribution in [0.1, 0.15) is 17.3 Å². The summed E-state index contributed by atoms with van der Waals surface area (Å²) in [4.78, 5) is 17.2. The Hall–Kier alpha value is -1.73. The van der Waals surface area contributed by atoms with Crippen molar-refractivity contribution in [1.29, 1.82) is 0 Å². The maximum absolute atomic E-state index is 13.2. The largest absolute Gasteiger partial charge is 0.380 e. The molecule has 0 aliphatic rings. The number of halogens is 3. The molecule has 8 heteroatoms. The lowest BCUT2D eigenvalue weighted by molar-refractivity contribution is 0.0996. The molecule has 0 saturated carbocycles. The van der Waals surface area contributed by atoms with E-state index in [2.05, 4.69) is 4.99 Å². The van der Waals surface area contributed by atoms with Crippen LogP contribution < -0.4 is 4.80 Å². The lowest BCUT2D eigenvalue weighted by Gasteiger charge is -2.05. The van der Waals surface area contributed by atoms with E-state index in [9.17, 15) is 9.18 Å². The maximum Gasteiger partial charge on any atom is 0.281 e. The van der Waals surface area contributed by atoms with Crippen LogP contribution in [-0.2, 0) is 11.3 Å². The average Bonchev–Trinajstić information content (AvgIpc) is 2.91. The highest BCUT2D eigenvalue weighted by atomic mass is 35.5. The van der Waals surface area contributed by atoms with Gasteiger partial charge >= 0.3 is 0 Å². The van der Waals surface area contributed by atoms with Crippen molar-refractivity contribution >= 4 is 50.7 Å². The number of ether oxygens (including phenoxy) is 1. The van der Waals surface area contributed by atoms with Crippen LogP contribution in [0.15, 0.2) is 41.4 Å². The molecule has 0 spiro atoms. The number of amides is 1. The molecule has 1 aromatic heterocycles. The van der Waals surface area contributed by atoms with Crippen molar-refractivity contribution < 1.29 is 13.9 Å². The molecular formula is C18H15Cl2FN2O2S. The van der Waals surface area contributed by atoms with E-state index >= 15 is 0 Å². The predicted molar refractivity (Wildman–Crippen MR) is 103 cm³/mol. The van der Waals surface area contributed by atoms with Gasteiger partial charge in [0.1, 0.15) is 5.82 Å². The molecule has 0 saturated heterocycles. The Labute approximate surface area is 163 Å². The number of rotatable bonds is 5. The first-order valence-corrected chi connectivity index (χ1v) is 9.47. The fourth-order valence-corrected chi connectivity index (χ4v) is 4.04. The summed E-state index contributed by atoms with van der Waals surface area (Å²) in [5, 5.41) is 0.638. The Balaban J connectivity index is 2.08. The lowest BCUT2D eigenvalue weighted by atomic mass is 10.2. The molecule has 0 radical (unpaired) electrons. The number of hydrogen-bond donors (Lipinski definition) is 0. The summed E-state index contributed by atoms with van der Waals surface area (Å²) in [6.07, 6.45) is 0. The van der Waals surface area contributed by atoms with Gasteiger partial charge in [0.05, 0.1) is 27.4 Å². The van der Waals surface area contributed by atoms with Gasteiger partial charge in [-0.05, 0) is 43.3 Å². The van der Waals surface area contributed by atoms with Gasteiger partial charge in [-0.15, -0.1) is 0 Å². The van der Waals surface area contributed by atoms with Gasteiger partial charge in [-0.2, -0.15) is 4.99 Å². The van der Waals surface area contributed by atoms with Gasteiger partial charge in [0.2, 0.25) is 0 Å². The van der Waals surface area contributed by atoms with Crippen molar-refractivity contribution in [2.75, 3.05) is 13.2 Å². The van der Waals surface area contributed by atoms with Crippen LogP contribution in [0, 0.1) is 5.82 Å². The molecular weight excluding hydrogens is 398 g/mol. The molecule has 0 atom stereocenters. The molecule has 0 bridgehead atoms. The molecule has 1 heterocycles. The second kappa shape index (κ2) is 8.31. The number of fused-ring (bicyclic) bond motifs is 1. The Morgan fingerprint density at radius 3 is 2.81 bits per heavy atom. The van der Waals surface area contributed by atoms with Crippen LogP contribution >= 0.6 is 34.5 Å². The monoisotopic (exact) mass is 412 g/mol. The molecule has 0 unspecified atom stereocenters. The third-order valence-electron chi connectivity index (χ3n) is 3.67. The van der Waals surface area contributed by atoms with E-state index < -0.39 is 11.7 Å². The molecule has 136 valence electrons. The zero-order chi connectivity index (χ0) is 18.7. The Kier molecular flexibility index (Phi) is 6.09. The zero-order valence-electron chi connectivity index (χ0n) is 13.8. The van der Waals surface area contributed by atoms with Crippen LogP contribution in [-0.4, -0.2) is 23.7 Å². The molecule has 26 heavy (non-hydrogen) atoms. The molecule has 2 aromatic carbocycles. The maximum atomic E-state index is 13.2. The van der Waals surface area contributed by atoms with Gasteiger partial charge in [0, 0.05) is 18.2 Å². The lowest BCUT2D eigenvalue weighted by Crippen LogP contribution is -2.19. The minimum Gasteiger partial charge on any atom is -0.380 e. The van der Waals surface area contributed by atoms with Crippen LogP contribution in [0.2, 0.25) is 10.0 Å². The van der Waals surface area contributed by atoms with E-state index in [1.165, 1.54) is 23.5 Å². The van der Waals surface area contributed by atoms with Crippen molar-refractivity contribution in [3.63, 3.8) is 0 Å². The van der Waals surface area contributed by atoms with Crippen molar-refractivity contribution in [1.82, 2.24) is 4.57 Å². The molecule has 3 rings (SSSR count). The fraction of sp³-hybridized carbons (Fsp3) is 0.222. The van der Waals surface area contributed by atoms with Gasteiger partial charge in [-0.1, -0.05) is 34.5 Å². The summed E-state index contributed by atoms with van der Waals surface area (Å²) < 4.78 is 21.4. The predicted octanol–water partition coefficient (Wildman–Crippen LogP) is 4.93. The van der Waals surface area contributed by atoms with E-state index in [0.29, 0.717) is 29.6 Å². The first-order valence-electron chi connectivity index (χ1n) is 7.90. The molecule has 0 aliphatic heterocycles. The van der Waals surface area contributed by atoms with Crippen LogP contribution in [0.3, 0.4) is 0 Å². The second-order valence-corrected chi connectivity index (χ2v) is 7.24. The molecule has 0 aliphatic carbocycles. The van der Waals surface area contributed by atoms with Crippen LogP contribution in [0.25, 0.3) is 10.2 Å². The Bertz CT molecular complexity index is 1030. The summed E-state index contributed by atoms with van der Waals surface area (Å²) in [5.74, 6) is -1.03. The van der Waals surface area contributed by atoms with Crippen molar-refractivity contribution in [3.05, 3.63) is 62.6 Å². The summed E-state index contributed by atoms with van der Waals surface area (Å²) in [7, 11) is 0. The number of thiazole rings is 1. The van der Waals surface area contributed by atoms with Crippen molar-refractivity contribution in [3.8, 4) is 0 Å². The minimum absolute atomic E-state index is 0.0313. The topological polar surface area (TPSA) is 43.6 Å². The second-order valence-electron chi connectivity index (χ2n) is 5.39. The Morgan fingerprint density at radius 2 is 2.08 bits per heavy atom. The molecule has 1 amide bonds. The summed E-state index contributed by atoms with van der Waals surface area (Å²) >= 11 is 13.4. The third kappa shape index (κ3) is 4.15. The highest BCUT2D eigenvalue weighted by Crippen LogP contribution is 2.22. The highest BCUT2D eigenvalue weighted by Gasteiger charge is 2.13. The summed E-state index contributed by atoms with van der Waals surface area (Å²) in [6, 6.07) is 9.11. The van der Waals surface area contributed by atoms with Crippen LogP contribution in [0.4, 0.5) is 4.39 Å². The van der Waals surface area contributed by atoms with Gasteiger partial charge in [0.15, 0.2) is 4.80 Å². The number of carbonyl (C=O) groups excluding carboxylic acids is 1. The molecule has 3 aromatic rings. The van der Waals surface area contributed by atoms with Gasteiger partial charge < -0.3 is 9.30 Å². The number of aromatic nitrogens is 1. The number of carbonyl (C=O) groups is 1. The standard InChI is InChI=1S/C18H15Cl2FN2O2S/c1-2-25-8-7-23-15-6-3-11(19)9-16(15)26-18(23)22-17(24)13-5-4-12(21)10-14(13)20/h3-6,9-10H,2,7-8H2,1H3. The Morgan fingerprint density at radius 1 is 1.27 bits per heavy atom. The summed E-state index contributed by atoms with van der Waals surface area (Å²) in [6.45, 7) is 3.55. The quantitative estimate of drug-likeness (QED) is 0.557. The zero-order valence-corrected chi connectivity index (χ0v) is 16.2. The molecule has 0 fully saturated rings. The van der Waals surface area contributed by atoms with E-state index in [-0.39, 0.29) is 10.6 Å². The first kappa shape index (κ1) is 19.0. The smallest absolute Gasteiger partial charge is 0.281 e. The van der Waals surface area contributed by atoms with E-state index in [0.717, 1.165) is 16.3 Å². The normalized spacial score (nSPS) is 12.1. The van der Waals surface area contributed by atoms with Crippen molar-refractivity contribution in [2.24, 2.45) is 4.99 Å². The highest BCUT2D eigenvalue weighted by molar-refractivity contribution is 7.16. The fourth-order valence-electron chi connectivity index (χ4n) is 2.46. The van der Waals surface area contributed by atoms with E-state index in [4.69, 9.17) is 27.9 Å². The molecule has 0 N–H and O–H groups in total. The van der Waals surface area contributed by atoms with E-state index in [1.807, 2.05) is 23.6 Å². The summed E-state index contributed by atoms with van der Waals surface area (Å²) in [5.41, 5.74) is 1.07. The van der Waals surface area contributed by atoms with E-state index in [1.54, 1.807) is 6.07 Å². The SMILES string of the molecule is CCOCCn1c(=NC(=O)c2ccc(F)cc2Cl)sc2cc(Cl)ccc21. The van der Waals surface area contributed by atoms with Gasteiger partial charge in [0.25, 0.3) is 5.91 Å². The van der Waals surface area contributed by atoms with Gasteiger partial charge in [-0.25, -0.2) is 4.39 Å². The number of hydrogen-bond acceptors (Lipinski definition) is 3. The number of benzene rings is 2.